The summed E-state index contributed by atoms with van der Waals surface area (Å²) in [5, 5.41) is 31.2. The number of carbonyl (C=O) groups excluding carboxylic acids is 1. The van der Waals surface area contributed by atoms with Crippen molar-refractivity contribution >= 4 is 74.1 Å². The van der Waals surface area contributed by atoms with Gasteiger partial charge in [0.1, 0.15) is 12.7 Å². The van der Waals surface area contributed by atoms with Gasteiger partial charge in [0.05, 0.1) is 29.7 Å². The third-order valence-corrected chi connectivity index (χ3v) is 11.6. The lowest BCUT2D eigenvalue weighted by molar-refractivity contribution is 0.0963. The maximum Gasteiger partial charge on any atom is 0.252 e. The van der Waals surface area contributed by atoms with Gasteiger partial charge in [0.2, 0.25) is 46.9 Å². The number of piperidine rings is 2. The van der Waals surface area contributed by atoms with E-state index < -0.39 is 9.84 Å². The van der Waals surface area contributed by atoms with Crippen molar-refractivity contribution in [2.75, 3.05) is 86.4 Å². The van der Waals surface area contributed by atoms with Crippen molar-refractivity contribution in [3.63, 3.8) is 0 Å². The van der Waals surface area contributed by atoms with Gasteiger partial charge in [0, 0.05) is 49.9 Å². The fraction of sp³-hybridized carbons (Fsp3) is 0.359. The van der Waals surface area contributed by atoms with Crippen molar-refractivity contribution in [3.8, 4) is 23.1 Å². The molecule has 2 fully saturated rings. The Bertz CT molecular complexity index is 2710. The normalized spacial score (nSPS) is 16.1. The Hall–Kier alpha value is -7.09. The number of sulfone groups is 1. The van der Waals surface area contributed by atoms with E-state index in [1.54, 1.807) is 37.4 Å². The van der Waals surface area contributed by atoms with Crippen LogP contribution in [0.2, 0.25) is 5.02 Å². The van der Waals surface area contributed by atoms with Gasteiger partial charge >= 0.3 is 0 Å². The average molecular weight is 932 g/mol. The first-order valence-electron chi connectivity index (χ1n) is 20.4. The fourth-order valence-corrected chi connectivity index (χ4v) is 7.87. The van der Waals surface area contributed by atoms with E-state index in [0.29, 0.717) is 51.7 Å². The number of nitrogens with zero attached hydrogens (tertiary/aromatic N) is 10. The number of anilines is 8. The maximum atomic E-state index is 11.8. The zero-order chi connectivity index (χ0) is 46.1. The van der Waals surface area contributed by atoms with Crippen molar-refractivity contribution in [1.29, 1.82) is 0 Å². The Kier molecular flexibility index (Phi) is 14.6. The van der Waals surface area contributed by atoms with Crippen molar-refractivity contribution in [2.45, 2.75) is 42.7 Å². The smallest absolute Gasteiger partial charge is 0.252 e. The molecule has 2 aliphatic rings. The van der Waals surface area contributed by atoms with E-state index in [1.807, 2.05) is 0 Å². The third kappa shape index (κ3) is 11.2. The first-order valence-corrected chi connectivity index (χ1v) is 22.7. The number of ether oxygens (including phenoxy) is 2. The van der Waals surface area contributed by atoms with Crippen LogP contribution in [0.5, 0.6) is 11.5 Å². The van der Waals surface area contributed by atoms with E-state index in [1.165, 1.54) is 48.4 Å². The van der Waals surface area contributed by atoms with Crippen LogP contribution < -0.4 is 58.2 Å². The van der Waals surface area contributed by atoms with Gasteiger partial charge in [0.15, 0.2) is 21.5 Å². The molecule has 2 aliphatic heterocycles. The lowest BCUT2D eigenvalue weighted by atomic mass is 10.1. The molecule has 0 spiro atoms. The molecule has 0 unspecified atom stereocenters. The van der Waals surface area contributed by atoms with Crippen molar-refractivity contribution in [3.05, 3.63) is 65.7 Å². The van der Waals surface area contributed by atoms with Crippen LogP contribution in [0, 0.1) is 0 Å². The highest BCUT2D eigenvalue weighted by Gasteiger charge is 2.24. The van der Waals surface area contributed by atoms with E-state index in [9.17, 15) is 13.2 Å². The maximum absolute atomic E-state index is 11.8. The first-order chi connectivity index (χ1) is 31.3. The highest BCUT2D eigenvalue weighted by molar-refractivity contribution is 7.90. The number of rotatable bonds is 14. The van der Waals surface area contributed by atoms with Crippen LogP contribution in [0.15, 0.2) is 60.0 Å². The Morgan fingerprint density at radius 3 is 1.69 bits per heavy atom. The number of carbonyl (C=O) groups is 1. The van der Waals surface area contributed by atoms with Crippen LogP contribution in [0.1, 0.15) is 36.0 Å². The van der Waals surface area contributed by atoms with Crippen LogP contribution in [-0.2, 0) is 9.84 Å². The number of methoxy groups -OCH3 is 2. The Labute approximate surface area is 379 Å². The zero-order valence-corrected chi connectivity index (χ0v) is 37.5. The monoisotopic (exact) mass is 931 g/mol. The quantitative estimate of drug-likeness (QED) is 0.0758. The number of halogens is 1. The van der Waals surface area contributed by atoms with Gasteiger partial charge in [-0.3, -0.25) is 4.79 Å². The summed E-state index contributed by atoms with van der Waals surface area (Å²) in [7, 11) is 1.33. The molecule has 0 bridgehead atoms. The summed E-state index contributed by atoms with van der Waals surface area (Å²) in [6.07, 6.45) is 8.19. The predicted molar refractivity (Wildman–Crippen MR) is 246 cm³/mol. The van der Waals surface area contributed by atoms with Crippen LogP contribution in [0.3, 0.4) is 0 Å². The van der Waals surface area contributed by atoms with Crippen LogP contribution in [-0.4, -0.2) is 130 Å². The summed E-state index contributed by atoms with van der Waals surface area (Å²) >= 11 is 6.22. The Morgan fingerprint density at radius 2 is 1.26 bits per heavy atom. The largest absolute Gasteiger partial charge is 0.490 e. The van der Waals surface area contributed by atoms with Crippen molar-refractivity contribution < 1.29 is 22.7 Å². The molecule has 4 aromatic heterocycles. The summed E-state index contributed by atoms with van der Waals surface area (Å²) in [4.78, 5) is 37.8. The Balaban J connectivity index is 0.000000194. The fourth-order valence-electron chi connectivity index (χ4n) is 6.97. The van der Waals surface area contributed by atoms with Gasteiger partial charge in [0.25, 0.3) is 5.91 Å². The molecule has 2 saturated heterocycles. The van der Waals surface area contributed by atoms with E-state index in [-0.39, 0.29) is 51.7 Å². The van der Waals surface area contributed by atoms with Gasteiger partial charge in [-0.1, -0.05) is 11.6 Å². The number of aromatic nitrogens is 10. The van der Waals surface area contributed by atoms with E-state index >= 15 is 0 Å². The molecule has 0 saturated carbocycles. The van der Waals surface area contributed by atoms with Crippen LogP contribution in [0.4, 0.5) is 46.8 Å². The third-order valence-electron chi connectivity index (χ3n) is 10.2. The van der Waals surface area contributed by atoms with Crippen molar-refractivity contribution in [1.82, 2.24) is 65.4 Å². The molecule has 65 heavy (non-hydrogen) atoms. The number of benzene rings is 2. The minimum atomic E-state index is -3.27. The molecule has 1 amide bonds. The molecule has 6 aromatic rings. The average Bonchev–Trinajstić information content (AvgIpc) is 3.86. The SMILES string of the molecule is CNC(=O)c1ccc(Nc2nc(N)n(-c3ncnc(N[C@H]4CCCNC4)c3OC)n2)cc1Cl.COc1c(N[C@H]2CCCNC2)ncnc1-n1nc(Nc2ccc(S(C)(=O)=O)cc2)nc1N. The van der Waals surface area contributed by atoms with E-state index in [4.69, 9.17) is 32.5 Å². The number of amides is 1. The minimum absolute atomic E-state index is 0.0996. The molecule has 344 valence electrons. The Morgan fingerprint density at radius 1 is 0.769 bits per heavy atom. The van der Waals surface area contributed by atoms with E-state index in [0.717, 1.165) is 58.1 Å². The molecule has 2 atom stereocenters. The second kappa shape index (κ2) is 20.6. The number of nitrogens with one attached hydrogen (secondary N) is 7. The number of hydrogen-bond donors (Lipinski definition) is 9. The van der Waals surface area contributed by atoms with Gasteiger partial charge in [-0.05, 0) is 81.2 Å². The number of nitrogens with two attached hydrogens (primary N) is 2. The highest BCUT2D eigenvalue weighted by atomic mass is 35.5. The summed E-state index contributed by atoms with van der Waals surface area (Å²) in [6.45, 7) is 3.69. The molecular formula is C39H50ClN19O5S. The second-order valence-electron chi connectivity index (χ2n) is 14.8. The predicted octanol–water partition coefficient (Wildman–Crippen LogP) is 2.53. The summed E-state index contributed by atoms with van der Waals surface area (Å²) in [6, 6.07) is 11.6. The molecule has 8 rings (SSSR count). The lowest BCUT2D eigenvalue weighted by Crippen LogP contribution is -2.38. The molecule has 6 heterocycles. The minimum Gasteiger partial charge on any atom is -0.490 e. The molecule has 0 radical (unpaired) electrons. The number of nitrogen functional groups attached to an aromatic ring is 2. The highest BCUT2D eigenvalue weighted by Crippen LogP contribution is 2.32. The molecular weight excluding hydrogens is 882 g/mol. The summed E-state index contributed by atoms with van der Waals surface area (Å²) in [5.41, 5.74) is 13.8. The second-order valence-corrected chi connectivity index (χ2v) is 17.2. The first kappa shape index (κ1) is 45.9. The molecule has 26 heteroatoms. The van der Waals surface area contributed by atoms with Crippen LogP contribution in [0.25, 0.3) is 11.6 Å². The van der Waals surface area contributed by atoms with Gasteiger partial charge < -0.3 is 58.2 Å². The van der Waals surface area contributed by atoms with Gasteiger partial charge in [-0.15, -0.1) is 10.2 Å². The molecule has 24 nitrogen and oxygen atoms in total. The molecule has 2 aromatic carbocycles. The summed E-state index contributed by atoms with van der Waals surface area (Å²) < 4.78 is 37.1. The zero-order valence-electron chi connectivity index (χ0n) is 36.0. The van der Waals surface area contributed by atoms with Gasteiger partial charge in [-0.25, -0.2) is 28.4 Å². The summed E-state index contributed by atoms with van der Waals surface area (Å²) in [5.74, 6) is 2.98. The van der Waals surface area contributed by atoms with Gasteiger partial charge in [-0.2, -0.15) is 19.3 Å². The standard InChI is InChI=1S/C20H25ClN10O2.C19H25N9O3S/c1-23-18(32)13-6-5-11(8-14(13)21)28-20-29-19(22)31(30-20)17-15(33-2)16(25-10-26-17)27-12-4-3-7-24-9-12;1-31-15-16(24-13-4-3-9-21-10-13)22-11-23-17(15)28-18(20)26-19(27-28)25-12-5-7-14(8-6-12)32(2,29)30/h5-6,8,10,12,24H,3-4,7,9H2,1-2H3,(H,23,32)(H,25,26,27)(H3,22,28,29,30);5-8,11,13,21H,3-4,9-10H2,1-2H3,(H,22,23,24)(H3,20,25,26,27)/t12-;13-/m00/s1. The lowest BCUT2D eigenvalue weighted by Gasteiger charge is -2.25. The molecule has 0 aliphatic carbocycles. The van der Waals surface area contributed by atoms with Crippen LogP contribution >= 0.6 is 11.6 Å². The van der Waals surface area contributed by atoms with E-state index in [2.05, 4.69) is 77.3 Å². The topological polar surface area (TPSA) is 319 Å². The number of hydrogen-bond acceptors (Lipinski definition) is 21. The van der Waals surface area contributed by atoms with Crippen molar-refractivity contribution in [2.24, 2.45) is 0 Å². The molecule has 11 N–H and O–H groups in total.